The SMILES string of the molecule is CC(C)n1c(-c2cccc(C(=O)NCc3ccco3)c2)nc2cccnc21. The third-order valence-corrected chi connectivity index (χ3v) is 4.35. The van der Waals surface area contributed by atoms with E-state index in [4.69, 9.17) is 9.40 Å². The molecular formula is C21H20N4O2. The minimum absolute atomic E-state index is 0.154. The number of imidazole rings is 1. The summed E-state index contributed by atoms with van der Waals surface area (Å²) in [7, 11) is 0. The number of fused-ring (bicyclic) bond motifs is 1. The van der Waals surface area contributed by atoms with E-state index in [1.807, 2.05) is 36.4 Å². The maximum atomic E-state index is 12.5. The zero-order valence-corrected chi connectivity index (χ0v) is 15.2. The molecule has 3 aromatic heterocycles. The Kier molecular flexibility index (Phi) is 4.46. The highest BCUT2D eigenvalue weighted by atomic mass is 16.3. The van der Waals surface area contributed by atoms with Crippen LogP contribution in [0.25, 0.3) is 22.6 Å². The molecule has 0 fully saturated rings. The number of carbonyl (C=O) groups is 1. The number of rotatable bonds is 5. The summed E-state index contributed by atoms with van der Waals surface area (Å²) < 4.78 is 7.35. The number of nitrogens with zero attached hydrogens (tertiary/aromatic N) is 3. The van der Waals surface area contributed by atoms with Gasteiger partial charge in [-0.05, 0) is 50.2 Å². The second-order valence-corrected chi connectivity index (χ2v) is 6.59. The molecule has 136 valence electrons. The summed E-state index contributed by atoms with van der Waals surface area (Å²) in [5.41, 5.74) is 3.14. The molecule has 6 nitrogen and oxygen atoms in total. The maximum Gasteiger partial charge on any atom is 0.251 e. The van der Waals surface area contributed by atoms with E-state index in [1.165, 1.54) is 0 Å². The van der Waals surface area contributed by atoms with Gasteiger partial charge in [0.25, 0.3) is 5.91 Å². The Morgan fingerprint density at radius 2 is 2.07 bits per heavy atom. The van der Waals surface area contributed by atoms with E-state index in [0.717, 1.165) is 22.6 Å². The first-order valence-electron chi connectivity index (χ1n) is 8.87. The first kappa shape index (κ1) is 17.0. The maximum absolute atomic E-state index is 12.5. The molecule has 1 N–H and O–H groups in total. The largest absolute Gasteiger partial charge is 0.467 e. The predicted octanol–water partition coefficient (Wildman–Crippen LogP) is 4.20. The minimum Gasteiger partial charge on any atom is -0.467 e. The lowest BCUT2D eigenvalue weighted by molar-refractivity contribution is 0.0948. The number of pyridine rings is 1. The second kappa shape index (κ2) is 7.07. The van der Waals surface area contributed by atoms with Gasteiger partial charge in [0.15, 0.2) is 5.65 Å². The Morgan fingerprint density at radius 3 is 2.85 bits per heavy atom. The van der Waals surface area contributed by atoms with Crippen molar-refractivity contribution in [1.29, 1.82) is 0 Å². The summed E-state index contributed by atoms with van der Waals surface area (Å²) in [6.07, 6.45) is 3.36. The van der Waals surface area contributed by atoms with Crippen molar-refractivity contribution in [3.05, 3.63) is 72.3 Å². The molecule has 0 spiro atoms. The van der Waals surface area contributed by atoms with E-state index in [-0.39, 0.29) is 11.9 Å². The lowest BCUT2D eigenvalue weighted by Crippen LogP contribution is -2.22. The van der Waals surface area contributed by atoms with Gasteiger partial charge in [-0.2, -0.15) is 0 Å². The van der Waals surface area contributed by atoms with Crippen LogP contribution in [0.5, 0.6) is 0 Å². The van der Waals surface area contributed by atoms with Crippen molar-refractivity contribution in [2.45, 2.75) is 26.4 Å². The van der Waals surface area contributed by atoms with Crippen LogP contribution in [-0.2, 0) is 6.54 Å². The van der Waals surface area contributed by atoms with Crippen molar-refractivity contribution in [1.82, 2.24) is 19.9 Å². The van der Waals surface area contributed by atoms with Gasteiger partial charge >= 0.3 is 0 Å². The van der Waals surface area contributed by atoms with Gasteiger partial charge in [-0.25, -0.2) is 9.97 Å². The quantitative estimate of drug-likeness (QED) is 0.579. The molecule has 0 bridgehead atoms. The van der Waals surface area contributed by atoms with Crippen LogP contribution in [0.4, 0.5) is 0 Å². The Morgan fingerprint density at radius 1 is 1.19 bits per heavy atom. The number of aromatic nitrogens is 3. The van der Waals surface area contributed by atoms with E-state index in [0.29, 0.717) is 17.9 Å². The molecular weight excluding hydrogens is 340 g/mol. The Bertz CT molecular complexity index is 1080. The monoisotopic (exact) mass is 360 g/mol. The van der Waals surface area contributed by atoms with Crippen LogP contribution in [0.15, 0.2) is 65.4 Å². The lowest BCUT2D eigenvalue weighted by atomic mass is 10.1. The van der Waals surface area contributed by atoms with Crippen LogP contribution >= 0.6 is 0 Å². The minimum atomic E-state index is -0.154. The lowest BCUT2D eigenvalue weighted by Gasteiger charge is -2.13. The highest BCUT2D eigenvalue weighted by Crippen LogP contribution is 2.27. The van der Waals surface area contributed by atoms with Crippen molar-refractivity contribution in [3.8, 4) is 11.4 Å². The molecule has 0 aliphatic rings. The van der Waals surface area contributed by atoms with Crippen molar-refractivity contribution >= 4 is 17.1 Å². The van der Waals surface area contributed by atoms with Crippen LogP contribution in [0, 0.1) is 0 Å². The van der Waals surface area contributed by atoms with Gasteiger partial charge in [-0.3, -0.25) is 4.79 Å². The molecule has 0 radical (unpaired) electrons. The van der Waals surface area contributed by atoms with E-state index in [1.54, 1.807) is 24.6 Å². The summed E-state index contributed by atoms with van der Waals surface area (Å²) in [6, 6.07) is 15.1. The fraction of sp³-hybridized carbons (Fsp3) is 0.190. The molecule has 6 heteroatoms. The Labute approximate surface area is 156 Å². The van der Waals surface area contributed by atoms with Gasteiger partial charge in [0.05, 0.1) is 12.8 Å². The molecule has 3 heterocycles. The van der Waals surface area contributed by atoms with Gasteiger partial charge in [-0.15, -0.1) is 0 Å². The molecule has 0 atom stereocenters. The van der Waals surface area contributed by atoms with E-state index < -0.39 is 0 Å². The summed E-state index contributed by atoms with van der Waals surface area (Å²) in [5.74, 6) is 1.37. The summed E-state index contributed by atoms with van der Waals surface area (Å²) in [4.78, 5) is 21.7. The van der Waals surface area contributed by atoms with Gasteiger partial charge in [-0.1, -0.05) is 12.1 Å². The van der Waals surface area contributed by atoms with Gasteiger partial charge < -0.3 is 14.3 Å². The number of benzene rings is 1. The number of hydrogen-bond donors (Lipinski definition) is 1. The number of hydrogen-bond acceptors (Lipinski definition) is 4. The van der Waals surface area contributed by atoms with E-state index >= 15 is 0 Å². The molecule has 0 saturated carbocycles. The molecule has 1 amide bonds. The third kappa shape index (κ3) is 3.33. The molecule has 27 heavy (non-hydrogen) atoms. The number of amides is 1. The molecule has 4 aromatic rings. The van der Waals surface area contributed by atoms with Crippen molar-refractivity contribution in [2.75, 3.05) is 0 Å². The molecule has 0 aliphatic heterocycles. The van der Waals surface area contributed by atoms with Crippen LogP contribution in [0.1, 0.15) is 36.0 Å². The first-order valence-corrected chi connectivity index (χ1v) is 8.87. The number of carbonyl (C=O) groups excluding carboxylic acids is 1. The third-order valence-electron chi connectivity index (χ3n) is 4.35. The van der Waals surface area contributed by atoms with Crippen LogP contribution in [-0.4, -0.2) is 20.4 Å². The Balaban J connectivity index is 1.67. The van der Waals surface area contributed by atoms with Crippen molar-refractivity contribution in [3.63, 3.8) is 0 Å². The molecule has 0 unspecified atom stereocenters. The average Bonchev–Trinajstić information content (AvgIpc) is 3.33. The van der Waals surface area contributed by atoms with E-state index in [2.05, 4.69) is 28.7 Å². The zero-order valence-electron chi connectivity index (χ0n) is 15.2. The first-order chi connectivity index (χ1) is 13.1. The van der Waals surface area contributed by atoms with Gasteiger partial charge in [0.1, 0.15) is 17.1 Å². The topological polar surface area (TPSA) is 73.0 Å². The highest BCUT2D eigenvalue weighted by molar-refractivity contribution is 5.95. The zero-order chi connectivity index (χ0) is 18.8. The molecule has 4 rings (SSSR count). The number of furan rings is 1. The van der Waals surface area contributed by atoms with Crippen LogP contribution in [0.3, 0.4) is 0 Å². The summed E-state index contributed by atoms with van der Waals surface area (Å²) in [6.45, 7) is 4.54. The average molecular weight is 360 g/mol. The van der Waals surface area contributed by atoms with Gasteiger partial charge in [0, 0.05) is 23.4 Å². The van der Waals surface area contributed by atoms with Crippen molar-refractivity contribution in [2.24, 2.45) is 0 Å². The fourth-order valence-corrected chi connectivity index (χ4v) is 3.10. The smallest absolute Gasteiger partial charge is 0.251 e. The summed E-state index contributed by atoms with van der Waals surface area (Å²) >= 11 is 0. The number of nitrogens with one attached hydrogen (secondary N) is 1. The standard InChI is InChI=1S/C21H20N4O2/c1-14(2)25-19(24-18-9-4-10-22-20(18)25)15-6-3-7-16(12-15)21(26)23-13-17-8-5-11-27-17/h3-12,14H,13H2,1-2H3,(H,23,26). The second-order valence-electron chi connectivity index (χ2n) is 6.59. The fourth-order valence-electron chi connectivity index (χ4n) is 3.10. The predicted molar refractivity (Wildman–Crippen MR) is 103 cm³/mol. The highest BCUT2D eigenvalue weighted by Gasteiger charge is 2.17. The molecule has 0 saturated heterocycles. The van der Waals surface area contributed by atoms with Crippen molar-refractivity contribution < 1.29 is 9.21 Å². The van der Waals surface area contributed by atoms with Crippen LogP contribution in [0.2, 0.25) is 0 Å². The van der Waals surface area contributed by atoms with Crippen LogP contribution < -0.4 is 5.32 Å². The Hall–Kier alpha value is -3.41. The van der Waals surface area contributed by atoms with Gasteiger partial charge in [0.2, 0.25) is 0 Å². The normalized spacial score (nSPS) is 11.2. The molecule has 0 aliphatic carbocycles. The summed E-state index contributed by atoms with van der Waals surface area (Å²) in [5, 5.41) is 2.87. The molecule has 1 aromatic carbocycles. The van der Waals surface area contributed by atoms with E-state index in [9.17, 15) is 4.79 Å².